The molecule has 0 bridgehead atoms. The molecule has 1 aromatic carbocycles. The van der Waals surface area contributed by atoms with Crippen LogP contribution in [0.15, 0.2) is 17.2 Å². The van der Waals surface area contributed by atoms with E-state index in [9.17, 15) is 4.79 Å². The average Bonchev–Trinajstić information content (AvgIpc) is 2.60. The number of anilines is 1. The van der Waals surface area contributed by atoms with Crippen molar-refractivity contribution < 1.29 is 9.53 Å². The van der Waals surface area contributed by atoms with Crippen LogP contribution in [0.1, 0.15) is 57.6 Å². The van der Waals surface area contributed by atoms with E-state index < -0.39 is 0 Å². The average molecular weight is 393 g/mol. The normalized spacial score (nSPS) is 23.8. The molecule has 4 rings (SSSR count). The fourth-order valence-corrected chi connectivity index (χ4v) is 4.18. The van der Waals surface area contributed by atoms with Crippen molar-refractivity contribution in [1.29, 1.82) is 0 Å². The first-order valence-electron chi connectivity index (χ1n) is 9.49. The highest BCUT2D eigenvalue weighted by atomic mass is 35.5. The molecule has 2 N–H and O–H groups in total. The zero-order chi connectivity index (χ0) is 18.6. The van der Waals surface area contributed by atoms with Gasteiger partial charge in [0.1, 0.15) is 18.4 Å². The molecule has 7 heteroatoms. The zero-order valence-corrected chi connectivity index (χ0v) is 17.4. The van der Waals surface area contributed by atoms with Crippen LogP contribution < -0.4 is 20.4 Å². The standard InChI is InChI=1S/C20H28N4O2.ClH/c1-11(2)14-7-17-16(6-15(14)12(3)20(5)9-21-10-20)24-13(4)19(25)23-22-18(24)8-26-17;/h6-7,11-13,21H,8-10H2,1-5H3,(H,23,25);1H/t12-,13-;/m1./s1. The molecular weight excluding hydrogens is 364 g/mol. The molecule has 0 aliphatic carbocycles. The van der Waals surface area contributed by atoms with E-state index in [1.54, 1.807) is 0 Å². The van der Waals surface area contributed by atoms with Gasteiger partial charge in [0, 0.05) is 13.1 Å². The van der Waals surface area contributed by atoms with Crippen molar-refractivity contribution in [3.8, 4) is 5.75 Å². The van der Waals surface area contributed by atoms with Crippen molar-refractivity contribution in [2.75, 3.05) is 24.6 Å². The predicted molar refractivity (Wildman–Crippen MR) is 110 cm³/mol. The van der Waals surface area contributed by atoms with Crippen molar-refractivity contribution >= 4 is 29.8 Å². The van der Waals surface area contributed by atoms with Crippen LogP contribution in [0.3, 0.4) is 0 Å². The SMILES string of the molecule is CC(C)c1cc2c(cc1[C@@H](C)C1(C)CNC1)N1C(=NNC(=O)[C@H]1C)CO2.Cl. The second kappa shape index (κ2) is 6.99. The van der Waals surface area contributed by atoms with Gasteiger partial charge in [-0.2, -0.15) is 5.10 Å². The highest BCUT2D eigenvalue weighted by Crippen LogP contribution is 2.46. The van der Waals surface area contributed by atoms with E-state index >= 15 is 0 Å². The molecule has 1 saturated heterocycles. The Morgan fingerprint density at radius 2 is 1.96 bits per heavy atom. The maximum absolute atomic E-state index is 12.2. The number of rotatable bonds is 3. The lowest BCUT2D eigenvalue weighted by Crippen LogP contribution is -2.56. The first-order valence-corrected chi connectivity index (χ1v) is 9.49. The van der Waals surface area contributed by atoms with Gasteiger partial charge in [-0.25, -0.2) is 5.43 Å². The van der Waals surface area contributed by atoms with Gasteiger partial charge in [-0.15, -0.1) is 12.4 Å². The van der Waals surface area contributed by atoms with E-state index in [4.69, 9.17) is 4.74 Å². The monoisotopic (exact) mass is 392 g/mol. The van der Waals surface area contributed by atoms with E-state index in [1.165, 1.54) is 11.1 Å². The number of ether oxygens (including phenoxy) is 1. The predicted octanol–water partition coefficient (Wildman–Crippen LogP) is 2.98. The smallest absolute Gasteiger partial charge is 0.262 e. The van der Waals surface area contributed by atoms with Gasteiger partial charge in [0.2, 0.25) is 0 Å². The van der Waals surface area contributed by atoms with E-state index in [1.807, 2.05) is 11.8 Å². The van der Waals surface area contributed by atoms with E-state index in [-0.39, 0.29) is 29.8 Å². The summed E-state index contributed by atoms with van der Waals surface area (Å²) in [5.74, 6) is 2.36. The Hall–Kier alpha value is -1.79. The summed E-state index contributed by atoms with van der Waals surface area (Å²) < 4.78 is 5.99. The number of amides is 1. The van der Waals surface area contributed by atoms with Gasteiger partial charge in [-0.05, 0) is 47.4 Å². The summed E-state index contributed by atoms with van der Waals surface area (Å²) in [7, 11) is 0. The zero-order valence-electron chi connectivity index (χ0n) is 16.6. The van der Waals surface area contributed by atoms with Crippen molar-refractivity contribution in [3.05, 3.63) is 23.3 Å². The summed E-state index contributed by atoms with van der Waals surface area (Å²) in [6.45, 7) is 13.5. The molecule has 148 valence electrons. The van der Waals surface area contributed by atoms with Gasteiger partial charge >= 0.3 is 0 Å². The molecule has 3 heterocycles. The molecule has 27 heavy (non-hydrogen) atoms. The summed E-state index contributed by atoms with van der Waals surface area (Å²) in [6, 6.07) is 4.12. The number of carbonyl (C=O) groups excluding carboxylic acids is 1. The van der Waals surface area contributed by atoms with Crippen LogP contribution in [-0.4, -0.2) is 37.5 Å². The fourth-order valence-electron chi connectivity index (χ4n) is 4.18. The number of nitrogens with one attached hydrogen (secondary N) is 2. The van der Waals surface area contributed by atoms with E-state index in [0.29, 0.717) is 18.4 Å². The van der Waals surface area contributed by atoms with Crippen LogP contribution in [0.4, 0.5) is 5.69 Å². The van der Waals surface area contributed by atoms with Crippen molar-refractivity contribution in [2.45, 2.75) is 52.5 Å². The lowest BCUT2D eigenvalue weighted by atomic mass is 9.68. The minimum Gasteiger partial charge on any atom is -0.483 e. The second-order valence-corrected chi connectivity index (χ2v) is 8.42. The Morgan fingerprint density at radius 3 is 2.56 bits per heavy atom. The van der Waals surface area contributed by atoms with Crippen LogP contribution in [0.5, 0.6) is 5.75 Å². The number of carbonyl (C=O) groups is 1. The highest BCUT2D eigenvalue weighted by molar-refractivity contribution is 6.09. The van der Waals surface area contributed by atoms with Crippen LogP contribution in [0.25, 0.3) is 0 Å². The molecule has 0 aromatic heterocycles. The van der Waals surface area contributed by atoms with Crippen molar-refractivity contribution in [3.63, 3.8) is 0 Å². The molecule has 0 spiro atoms. The van der Waals surface area contributed by atoms with Gasteiger partial charge in [0.15, 0.2) is 5.84 Å². The summed E-state index contributed by atoms with van der Waals surface area (Å²) in [5.41, 5.74) is 6.49. The molecule has 1 aromatic rings. The topological polar surface area (TPSA) is 66.0 Å². The third-order valence-corrected chi connectivity index (χ3v) is 6.31. The number of hydrogen-bond donors (Lipinski definition) is 2. The molecule has 3 aliphatic rings. The van der Waals surface area contributed by atoms with Crippen molar-refractivity contribution in [2.24, 2.45) is 10.5 Å². The number of hydrogen-bond acceptors (Lipinski definition) is 5. The molecule has 1 fully saturated rings. The number of halogens is 1. The Bertz CT molecular complexity index is 788. The number of nitrogens with zero attached hydrogens (tertiary/aromatic N) is 2. The minimum atomic E-state index is -0.292. The second-order valence-electron chi connectivity index (χ2n) is 8.42. The van der Waals surface area contributed by atoms with Crippen LogP contribution >= 0.6 is 12.4 Å². The first kappa shape index (κ1) is 20.0. The lowest BCUT2D eigenvalue weighted by molar-refractivity contribution is -0.122. The Kier molecular flexibility index (Phi) is 5.16. The van der Waals surface area contributed by atoms with Crippen molar-refractivity contribution in [1.82, 2.24) is 10.7 Å². The number of hydrazone groups is 1. The Morgan fingerprint density at radius 1 is 1.26 bits per heavy atom. The number of amidine groups is 1. The maximum Gasteiger partial charge on any atom is 0.262 e. The summed E-state index contributed by atoms with van der Waals surface area (Å²) >= 11 is 0. The molecule has 2 atom stereocenters. The first-order chi connectivity index (χ1) is 12.3. The van der Waals surface area contributed by atoms with Gasteiger partial charge in [-0.1, -0.05) is 27.7 Å². The summed E-state index contributed by atoms with van der Waals surface area (Å²) in [6.07, 6.45) is 0. The molecule has 1 amide bonds. The van der Waals surface area contributed by atoms with Gasteiger partial charge < -0.3 is 15.0 Å². The quantitative estimate of drug-likeness (QED) is 0.829. The molecule has 0 unspecified atom stereocenters. The maximum atomic E-state index is 12.2. The summed E-state index contributed by atoms with van der Waals surface area (Å²) in [4.78, 5) is 14.2. The van der Waals surface area contributed by atoms with Crippen LogP contribution in [0, 0.1) is 5.41 Å². The third kappa shape index (κ3) is 3.09. The lowest BCUT2D eigenvalue weighted by Gasteiger charge is -2.46. The van der Waals surface area contributed by atoms with E-state index in [2.05, 4.69) is 55.7 Å². The van der Waals surface area contributed by atoms with Crippen LogP contribution in [0.2, 0.25) is 0 Å². The minimum absolute atomic E-state index is 0. The highest BCUT2D eigenvalue weighted by Gasteiger charge is 2.41. The molecule has 6 nitrogen and oxygen atoms in total. The Labute approximate surface area is 167 Å². The third-order valence-electron chi connectivity index (χ3n) is 6.31. The number of benzene rings is 1. The fraction of sp³-hybridized carbons (Fsp3) is 0.600. The van der Waals surface area contributed by atoms with Gasteiger partial charge in [0.05, 0.1) is 5.69 Å². The summed E-state index contributed by atoms with van der Waals surface area (Å²) in [5, 5.41) is 7.61. The van der Waals surface area contributed by atoms with Gasteiger partial charge in [0.25, 0.3) is 5.91 Å². The largest absolute Gasteiger partial charge is 0.483 e. The van der Waals surface area contributed by atoms with Gasteiger partial charge in [-0.3, -0.25) is 4.79 Å². The van der Waals surface area contributed by atoms with E-state index in [0.717, 1.165) is 30.4 Å². The number of fused-ring (bicyclic) bond motifs is 3. The molecule has 3 aliphatic heterocycles. The Balaban J connectivity index is 0.00000210. The molecule has 0 radical (unpaired) electrons. The molecule has 0 saturated carbocycles. The molecular formula is C20H29ClN4O2. The van der Waals surface area contributed by atoms with Crippen LogP contribution in [-0.2, 0) is 4.79 Å².